The minimum absolute atomic E-state index is 0.0669. The first-order chi connectivity index (χ1) is 11.6. The van der Waals surface area contributed by atoms with E-state index in [0.717, 1.165) is 36.4 Å². The molecule has 1 saturated heterocycles. The molecule has 0 aliphatic carbocycles. The van der Waals surface area contributed by atoms with Crippen molar-refractivity contribution in [2.24, 2.45) is 0 Å². The van der Waals surface area contributed by atoms with Gasteiger partial charge >= 0.3 is 5.97 Å². The Morgan fingerprint density at radius 3 is 2.92 bits per heavy atom. The molecule has 7 nitrogen and oxygen atoms in total. The van der Waals surface area contributed by atoms with E-state index in [2.05, 4.69) is 9.88 Å². The summed E-state index contributed by atoms with van der Waals surface area (Å²) in [5.74, 6) is 0.857. The fourth-order valence-corrected chi connectivity index (χ4v) is 3.12. The van der Waals surface area contributed by atoms with E-state index in [4.69, 9.17) is 19.0 Å². The van der Waals surface area contributed by atoms with Crippen molar-refractivity contribution in [3.8, 4) is 11.5 Å². The number of likely N-dealkylation sites (tertiary alicyclic amines) is 1. The fourth-order valence-electron chi connectivity index (χ4n) is 3.12. The molecule has 2 heterocycles. The van der Waals surface area contributed by atoms with Crippen LogP contribution in [0.4, 0.5) is 0 Å². The lowest BCUT2D eigenvalue weighted by atomic mass is 10.0. The zero-order chi connectivity index (χ0) is 17.1. The third-order valence-electron chi connectivity index (χ3n) is 4.27. The molecule has 1 aromatic carbocycles. The maximum Gasteiger partial charge on any atom is 0.357 e. The van der Waals surface area contributed by atoms with Gasteiger partial charge in [-0.25, -0.2) is 9.78 Å². The van der Waals surface area contributed by atoms with Gasteiger partial charge in [-0.05, 0) is 25.5 Å². The van der Waals surface area contributed by atoms with E-state index >= 15 is 0 Å². The maximum absolute atomic E-state index is 10.9. The quantitative estimate of drug-likeness (QED) is 0.870. The Morgan fingerprint density at radius 2 is 2.25 bits per heavy atom. The third-order valence-corrected chi connectivity index (χ3v) is 4.27. The lowest BCUT2D eigenvalue weighted by Gasteiger charge is -2.25. The Kier molecular flexibility index (Phi) is 4.71. The first-order valence-corrected chi connectivity index (χ1v) is 7.76. The van der Waals surface area contributed by atoms with Crippen molar-refractivity contribution in [1.82, 2.24) is 9.88 Å². The summed E-state index contributed by atoms with van der Waals surface area (Å²) in [5.41, 5.74) is 1.02. The van der Waals surface area contributed by atoms with E-state index in [1.165, 1.54) is 6.26 Å². The van der Waals surface area contributed by atoms with Gasteiger partial charge in [-0.3, -0.25) is 4.90 Å². The Bertz CT molecular complexity index is 728. The topological polar surface area (TPSA) is 85.0 Å². The van der Waals surface area contributed by atoms with Gasteiger partial charge in [-0.1, -0.05) is 6.07 Å². The second-order valence-corrected chi connectivity index (χ2v) is 5.67. The number of carboxylic acids is 1. The summed E-state index contributed by atoms with van der Waals surface area (Å²) in [5, 5.41) is 8.94. The average molecular weight is 332 g/mol. The number of carboxylic acid groups (broad SMARTS) is 1. The number of carbonyl (C=O) groups is 1. The number of ether oxygens (including phenoxy) is 2. The Labute approximate surface area is 139 Å². The number of aromatic nitrogens is 1. The second-order valence-electron chi connectivity index (χ2n) is 5.67. The van der Waals surface area contributed by atoms with Crippen LogP contribution in [0.25, 0.3) is 0 Å². The first-order valence-electron chi connectivity index (χ1n) is 7.76. The number of hydrogen-bond acceptors (Lipinski definition) is 6. The van der Waals surface area contributed by atoms with E-state index in [0.29, 0.717) is 12.4 Å². The zero-order valence-electron chi connectivity index (χ0n) is 13.7. The molecular weight excluding hydrogens is 312 g/mol. The van der Waals surface area contributed by atoms with Crippen LogP contribution in [0.3, 0.4) is 0 Å². The predicted molar refractivity (Wildman–Crippen MR) is 85.4 cm³/mol. The molecule has 0 spiro atoms. The summed E-state index contributed by atoms with van der Waals surface area (Å²) >= 11 is 0. The highest BCUT2D eigenvalue weighted by Crippen LogP contribution is 2.39. The van der Waals surface area contributed by atoms with Crippen LogP contribution in [-0.2, 0) is 6.54 Å². The molecule has 24 heavy (non-hydrogen) atoms. The molecule has 1 fully saturated rings. The number of aromatic carboxylic acids is 1. The van der Waals surface area contributed by atoms with Gasteiger partial charge in [0.15, 0.2) is 5.69 Å². The Hall–Kier alpha value is -2.54. The standard InChI is InChI=1S/C17H20N2O5/c1-22-11-5-6-12(15(8-11)23-2)14-4-3-7-19(14)9-16-18-13(10-24-16)17(20)21/h5-6,8,10,14H,3-4,7,9H2,1-2H3,(H,20,21). The van der Waals surface area contributed by atoms with Gasteiger partial charge in [0.25, 0.3) is 0 Å². The molecular formula is C17H20N2O5. The number of nitrogens with zero attached hydrogens (tertiary/aromatic N) is 2. The third kappa shape index (κ3) is 3.21. The number of benzene rings is 1. The molecule has 0 bridgehead atoms. The van der Waals surface area contributed by atoms with Crippen molar-refractivity contribution in [3.05, 3.63) is 41.6 Å². The summed E-state index contributed by atoms with van der Waals surface area (Å²) in [6.07, 6.45) is 3.22. The summed E-state index contributed by atoms with van der Waals surface area (Å²) in [4.78, 5) is 17.2. The van der Waals surface area contributed by atoms with E-state index in [1.54, 1.807) is 14.2 Å². The summed E-state index contributed by atoms with van der Waals surface area (Å²) in [7, 11) is 3.27. The average Bonchev–Trinajstić information content (AvgIpc) is 3.24. The number of hydrogen-bond donors (Lipinski definition) is 1. The first kappa shape index (κ1) is 16.3. The van der Waals surface area contributed by atoms with Crippen LogP contribution in [0, 0.1) is 0 Å². The summed E-state index contributed by atoms with van der Waals surface area (Å²) in [6.45, 7) is 1.36. The number of methoxy groups -OCH3 is 2. The molecule has 1 aliphatic rings. The lowest BCUT2D eigenvalue weighted by molar-refractivity contribution is 0.0690. The SMILES string of the molecule is COc1ccc(C2CCCN2Cc2nc(C(=O)O)co2)c(OC)c1. The highest BCUT2D eigenvalue weighted by molar-refractivity contribution is 5.84. The van der Waals surface area contributed by atoms with Crippen LogP contribution >= 0.6 is 0 Å². The van der Waals surface area contributed by atoms with Crippen molar-refractivity contribution in [2.45, 2.75) is 25.4 Å². The second kappa shape index (κ2) is 6.92. The molecule has 7 heteroatoms. The van der Waals surface area contributed by atoms with Crippen LogP contribution in [0.15, 0.2) is 28.9 Å². The van der Waals surface area contributed by atoms with Crippen LogP contribution < -0.4 is 9.47 Å². The summed E-state index contributed by atoms with van der Waals surface area (Å²) < 4.78 is 16.0. The normalized spacial score (nSPS) is 17.8. The van der Waals surface area contributed by atoms with Gasteiger partial charge < -0.3 is 19.0 Å². The van der Waals surface area contributed by atoms with Crippen LogP contribution in [-0.4, -0.2) is 41.7 Å². The molecule has 0 amide bonds. The Morgan fingerprint density at radius 1 is 1.42 bits per heavy atom. The van der Waals surface area contributed by atoms with Crippen molar-refractivity contribution in [1.29, 1.82) is 0 Å². The van der Waals surface area contributed by atoms with Gasteiger partial charge in [0, 0.05) is 17.7 Å². The smallest absolute Gasteiger partial charge is 0.357 e. The molecule has 2 aromatic rings. The summed E-state index contributed by atoms with van der Waals surface area (Å²) in [6, 6.07) is 5.98. The van der Waals surface area contributed by atoms with Crippen LogP contribution in [0.2, 0.25) is 0 Å². The number of oxazole rings is 1. The van der Waals surface area contributed by atoms with Crippen molar-refractivity contribution < 1.29 is 23.8 Å². The minimum Gasteiger partial charge on any atom is -0.497 e. The molecule has 1 unspecified atom stereocenters. The van der Waals surface area contributed by atoms with E-state index < -0.39 is 5.97 Å². The molecule has 1 atom stereocenters. The molecule has 128 valence electrons. The van der Waals surface area contributed by atoms with Crippen molar-refractivity contribution in [2.75, 3.05) is 20.8 Å². The lowest BCUT2D eigenvalue weighted by Crippen LogP contribution is -2.23. The van der Waals surface area contributed by atoms with Crippen molar-refractivity contribution >= 4 is 5.97 Å². The molecule has 1 aromatic heterocycles. The van der Waals surface area contributed by atoms with Gasteiger partial charge in [0.05, 0.1) is 20.8 Å². The van der Waals surface area contributed by atoms with Gasteiger partial charge in [0.1, 0.15) is 17.8 Å². The Balaban J connectivity index is 1.81. The monoisotopic (exact) mass is 332 g/mol. The highest BCUT2D eigenvalue weighted by Gasteiger charge is 2.29. The largest absolute Gasteiger partial charge is 0.497 e. The fraction of sp³-hybridized carbons (Fsp3) is 0.412. The molecule has 1 aliphatic heterocycles. The maximum atomic E-state index is 10.9. The van der Waals surface area contributed by atoms with E-state index in [1.807, 2.05) is 18.2 Å². The van der Waals surface area contributed by atoms with Gasteiger partial charge in [-0.2, -0.15) is 0 Å². The highest BCUT2D eigenvalue weighted by atomic mass is 16.5. The van der Waals surface area contributed by atoms with E-state index in [-0.39, 0.29) is 11.7 Å². The van der Waals surface area contributed by atoms with Gasteiger partial charge in [0.2, 0.25) is 5.89 Å². The molecule has 3 rings (SSSR count). The van der Waals surface area contributed by atoms with Crippen molar-refractivity contribution in [3.63, 3.8) is 0 Å². The molecule has 0 saturated carbocycles. The number of rotatable bonds is 6. The predicted octanol–water partition coefficient (Wildman–Crippen LogP) is 2.73. The minimum atomic E-state index is -1.08. The molecule has 1 N–H and O–H groups in total. The van der Waals surface area contributed by atoms with Crippen LogP contribution in [0.1, 0.15) is 40.8 Å². The molecule has 0 radical (unpaired) electrons. The zero-order valence-corrected chi connectivity index (χ0v) is 13.7. The van der Waals surface area contributed by atoms with Crippen LogP contribution in [0.5, 0.6) is 11.5 Å². The van der Waals surface area contributed by atoms with Gasteiger partial charge in [-0.15, -0.1) is 0 Å². The van der Waals surface area contributed by atoms with E-state index in [9.17, 15) is 4.79 Å².